The summed E-state index contributed by atoms with van der Waals surface area (Å²) in [4.78, 5) is 25.9. The molecule has 1 aromatic heterocycles. The first-order valence-electron chi connectivity index (χ1n) is 6.09. The summed E-state index contributed by atoms with van der Waals surface area (Å²) in [6.45, 7) is 0. The first-order chi connectivity index (χ1) is 9.61. The smallest absolute Gasteiger partial charge is 0.271 e. The molecule has 0 unspecified atom stereocenters. The van der Waals surface area contributed by atoms with Crippen LogP contribution in [0, 0.1) is 10.1 Å². The minimum Gasteiger partial charge on any atom is -0.431 e. The lowest BCUT2D eigenvalue weighted by atomic mass is 10.3. The summed E-state index contributed by atoms with van der Waals surface area (Å²) in [5.41, 5.74) is 0.860. The second-order valence-electron chi connectivity index (χ2n) is 4.52. The Morgan fingerprint density at radius 2 is 2.35 bits per heavy atom. The van der Waals surface area contributed by atoms with Gasteiger partial charge in [0.1, 0.15) is 5.52 Å². The Balaban J connectivity index is 1.68. The molecule has 3 rings (SSSR count). The molecule has 1 aliphatic rings. The third kappa shape index (κ3) is 2.90. The molecule has 0 radical (unpaired) electrons. The Hall–Kier alpha value is -2.09. The van der Waals surface area contributed by atoms with Gasteiger partial charge in [-0.2, -0.15) is 0 Å². The van der Waals surface area contributed by atoms with E-state index >= 15 is 0 Å². The Bertz CT molecular complexity index is 680. The lowest BCUT2D eigenvalue weighted by Crippen LogP contribution is -2.26. The number of oxazole rings is 1. The van der Waals surface area contributed by atoms with Crippen molar-refractivity contribution in [2.24, 2.45) is 0 Å². The van der Waals surface area contributed by atoms with Gasteiger partial charge in [0.05, 0.1) is 10.7 Å². The summed E-state index contributed by atoms with van der Waals surface area (Å²) >= 11 is 1.18. The van der Waals surface area contributed by atoms with Crippen molar-refractivity contribution < 1.29 is 14.1 Å². The number of non-ortho nitro benzene ring substituents is 1. The van der Waals surface area contributed by atoms with Crippen LogP contribution in [0.15, 0.2) is 27.8 Å². The van der Waals surface area contributed by atoms with Gasteiger partial charge in [-0.05, 0) is 18.9 Å². The molecule has 1 aliphatic carbocycles. The molecule has 0 spiro atoms. The molecule has 0 atom stereocenters. The number of fused-ring (bicyclic) bond motifs is 1. The maximum Gasteiger partial charge on any atom is 0.271 e. The lowest BCUT2D eigenvalue weighted by Gasteiger charge is -1.99. The van der Waals surface area contributed by atoms with Crippen LogP contribution in [0.4, 0.5) is 5.69 Å². The van der Waals surface area contributed by atoms with Crippen molar-refractivity contribution in [1.29, 1.82) is 0 Å². The fourth-order valence-electron chi connectivity index (χ4n) is 1.69. The third-order valence-corrected chi connectivity index (χ3v) is 3.66. The maximum absolute atomic E-state index is 11.5. The zero-order chi connectivity index (χ0) is 14.1. The number of benzene rings is 1. The molecule has 2 aromatic rings. The van der Waals surface area contributed by atoms with Crippen molar-refractivity contribution in [1.82, 2.24) is 10.3 Å². The van der Waals surface area contributed by atoms with E-state index in [-0.39, 0.29) is 17.3 Å². The van der Waals surface area contributed by atoms with Crippen LogP contribution in [-0.2, 0) is 4.79 Å². The molecule has 0 bridgehead atoms. The number of nitrogens with zero attached hydrogens (tertiary/aromatic N) is 2. The second kappa shape index (κ2) is 5.12. The van der Waals surface area contributed by atoms with E-state index in [1.807, 2.05) is 0 Å². The van der Waals surface area contributed by atoms with Gasteiger partial charge in [-0.3, -0.25) is 14.9 Å². The number of nitro benzene ring substituents is 1. The van der Waals surface area contributed by atoms with Gasteiger partial charge in [0.2, 0.25) is 5.91 Å². The number of thioether (sulfide) groups is 1. The molecule has 7 nitrogen and oxygen atoms in total. The van der Waals surface area contributed by atoms with Crippen molar-refractivity contribution in [3.05, 3.63) is 28.3 Å². The quantitative estimate of drug-likeness (QED) is 0.515. The Kier molecular flexibility index (Phi) is 3.31. The third-order valence-electron chi connectivity index (χ3n) is 2.83. The summed E-state index contributed by atoms with van der Waals surface area (Å²) < 4.78 is 5.42. The summed E-state index contributed by atoms with van der Waals surface area (Å²) in [6.07, 6.45) is 2.09. The van der Waals surface area contributed by atoms with E-state index in [4.69, 9.17) is 4.42 Å². The summed E-state index contributed by atoms with van der Waals surface area (Å²) in [6, 6.07) is 4.55. The van der Waals surface area contributed by atoms with E-state index in [0.29, 0.717) is 22.4 Å². The van der Waals surface area contributed by atoms with Crippen molar-refractivity contribution >= 4 is 34.5 Å². The Labute approximate surface area is 117 Å². The lowest BCUT2D eigenvalue weighted by molar-refractivity contribution is -0.384. The molecule has 1 aromatic carbocycles. The molecule has 0 saturated heterocycles. The van der Waals surface area contributed by atoms with Crippen LogP contribution in [0.2, 0.25) is 0 Å². The van der Waals surface area contributed by atoms with Gasteiger partial charge in [-0.1, -0.05) is 11.8 Å². The van der Waals surface area contributed by atoms with Gasteiger partial charge >= 0.3 is 0 Å². The molecule has 1 heterocycles. The van der Waals surface area contributed by atoms with Crippen LogP contribution in [0.3, 0.4) is 0 Å². The van der Waals surface area contributed by atoms with E-state index < -0.39 is 4.92 Å². The van der Waals surface area contributed by atoms with E-state index in [2.05, 4.69) is 10.3 Å². The van der Waals surface area contributed by atoms with Crippen molar-refractivity contribution in [3.63, 3.8) is 0 Å². The van der Waals surface area contributed by atoms with Crippen molar-refractivity contribution in [2.45, 2.75) is 24.1 Å². The Morgan fingerprint density at radius 3 is 3.05 bits per heavy atom. The molecular weight excluding hydrogens is 282 g/mol. The zero-order valence-corrected chi connectivity index (χ0v) is 11.2. The first-order valence-corrected chi connectivity index (χ1v) is 7.07. The minimum absolute atomic E-state index is 0.0335. The fourth-order valence-corrected chi connectivity index (χ4v) is 2.34. The van der Waals surface area contributed by atoms with E-state index in [0.717, 1.165) is 12.8 Å². The number of carbonyl (C=O) groups excluding carboxylic acids is 1. The van der Waals surface area contributed by atoms with Gasteiger partial charge in [0, 0.05) is 18.2 Å². The number of nitrogens with one attached hydrogen (secondary N) is 1. The largest absolute Gasteiger partial charge is 0.431 e. The van der Waals surface area contributed by atoms with Crippen molar-refractivity contribution in [2.75, 3.05) is 5.75 Å². The molecule has 0 aliphatic heterocycles. The number of amides is 1. The standard InChI is InChI=1S/C12H11N3O4S/c16-11(13-7-1-2-7)6-20-12-14-9-5-8(15(17)18)3-4-10(9)19-12/h3-5,7H,1-2,6H2,(H,13,16). The van der Waals surface area contributed by atoms with Gasteiger partial charge in [0.15, 0.2) is 5.58 Å². The van der Waals surface area contributed by atoms with Crippen molar-refractivity contribution in [3.8, 4) is 0 Å². The second-order valence-corrected chi connectivity index (χ2v) is 5.45. The normalized spacial score (nSPS) is 14.4. The van der Waals surface area contributed by atoms with Gasteiger partial charge in [-0.15, -0.1) is 0 Å². The molecule has 1 fully saturated rings. The molecule has 1 N–H and O–H groups in total. The van der Waals surface area contributed by atoms with Gasteiger partial charge < -0.3 is 9.73 Å². The minimum atomic E-state index is -0.482. The number of rotatable bonds is 5. The topological polar surface area (TPSA) is 98.3 Å². The summed E-state index contributed by atoms with van der Waals surface area (Å²) in [5, 5.41) is 13.9. The molecule has 1 saturated carbocycles. The molecule has 8 heteroatoms. The highest BCUT2D eigenvalue weighted by molar-refractivity contribution is 7.99. The molecular formula is C12H11N3O4S. The zero-order valence-electron chi connectivity index (χ0n) is 10.4. The van der Waals surface area contributed by atoms with Crippen LogP contribution in [0.25, 0.3) is 11.1 Å². The predicted molar refractivity (Wildman–Crippen MR) is 72.6 cm³/mol. The highest BCUT2D eigenvalue weighted by atomic mass is 32.2. The average Bonchev–Trinajstić information content (AvgIpc) is 3.12. The SMILES string of the molecule is O=C(CSc1nc2cc([N+](=O)[O-])ccc2o1)NC1CC1. The maximum atomic E-state index is 11.5. The van der Waals surface area contributed by atoms with Crippen LogP contribution < -0.4 is 5.32 Å². The first kappa shape index (κ1) is 12.9. The molecule has 104 valence electrons. The van der Waals surface area contributed by atoms with Crippen LogP contribution >= 0.6 is 11.8 Å². The highest BCUT2D eigenvalue weighted by Gasteiger charge is 2.23. The average molecular weight is 293 g/mol. The number of hydrogen-bond acceptors (Lipinski definition) is 6. The number of carbonyl (C=O) groups is 1. The van der Waals surface area contributed by atoms with E-state index in [1.54, 1.807) is 0 Å². The number of aromatic nitrogens is 1. The van der Waals surface area contributed by atoms with E-state index in [1.165, 1.54) is 30.0 Å². The van der Waals surface area contributed by atoms with E-state index in [9.17, 15) is 14.9 Å². The summed E-state index contributed by atoms with van der Waals surface area (Å²) in [7, 11) is 0. The van der Waals surface area contributed by atoms with Gasteiger partial charge in [0.25, 0.3) is 10.9 Å². The van der Waals surface area contributed by atoms with Gasteiger partial charge in [-0.25, -0.2) is 4.98 Å². The highest BCUT2D eigenvalue weighted by Crippen LogP contribution is 2.26. The summed E-state index contributed by atoms with van der Waals surface area (Å²) in [5.74, 6) is 0.177. The monoisotopic (exact) mass is 293 g/mol. The Morgan fingerprint density at radius 1 is 1.55 bits per heavy atom. The van der Waals surface area contributed by atoms with Crippen LogP contribution in [-0.4, -0.2) is 27.6 Å². The predicted octanol–water partition coefficient (Wildman–Crippen LogP) is 2.11. The van der Waals surface area contributed by atoms with Crippen LogP contribution in [0.1, 0.15) is 12.8 Å². The molecule has 1 amide bonds. The molecule has 20 heavy (non-hydrogen) atoms. The number of hydrogen-bond donors (Lipinski definition) is 1. The van der Waals surface area contributed by atoms with Crippen LogP contribution in [0.5, 0.6) is 0 Å². The fraction of sp³-hybridized carbons (Fsp3) is 0.333. The number of nitro groups is 1.